The molecule has 0 saturated carbocycles. The van der Waals surface area contributed by atoms with E-state index in [1.54, 1.807) is 6.26 Å². The lowest BCUT2D eigenvalue weighted by Crippen LogP contribution is -2.50. The highest BCUT2D eigenvalue weighted by molar-refractivity contribution is 5.79. The summed E-state index contributed by atoms with van der Waals surface area (Å²) in [5.74, 6) is 2.48. The van der Waals surface area contributed by atoms with E-state index in [0.717, 1.165) is 57.4 Å². The van der Waals surface area contributed by atoms with Crippen LogP contribution in [0.1, 0.15) is 45.3 Å². The molecule has 2 N–H and O–H groups in total. The first-order valence-electron chi connectivity index (χ1n) is 10.5. The number of hydrogen-bond donors (Lipinski definition) is 2. The maximum atomic E-state index is 5.49. The molecule has 0 aromatic carbocycles. The fraction of sp³-hybridized carbons (Fsp3) is 0.762. The van der Waals surface area contributed by atoms with Crippen molar-refractivity contribution < 1.29 is 9.15 Å². The van der Waals surface area contributed by atoms with Crippen LogP contribution in [0.3, 0.4) is 0 Å². The molecule has 1 unspecified atom stereocenters. The molecular weight excluding hydrogens is 340 g/mol. The van der Waals surface area contributed by atoms with E-state index in [0.29, 0.717) is 5.92 Å². The molecule has 0 spiro atoms. The first kappa shape index (κ1) is 20.2. The van der Waals surface area contributed by atoms with Gasteiger partial charge in [0.1, 0.15) is 5.76 Å². The third kappa shape index (κ3) is 6.54. The molecule has 0 amide bonds. The van der Waals surface area contributed by atoms with Gasteiger partial charge in [-0.3, -0.25) is 9.89 Å². The van der Waals surface area contributed by atoms with E-state index in [1.165, 1.54) is 32.4 Å². The first-order valence-corrected chi connectivity index (χ1v) is 10.5. The van der Waals surface area contributed by atoms with Crippen LogP contribution < -0.4 is 10.6 Å². The number of nitrogens with zero attached hydrogens (tertiary/aromatic N) is 2. The van der Waals surface area contributed by atoms with Crippen LogP contribution in [-0.4, -0.2) is 62.3 Å². The SMILES string of the molecule is CC(C)(CN=C(NCCc1ccco1)NCC1CCOC1)N1CCCCC1. The zero-order chi connectivity index (χ0) is 19.0. The number of piperidine rings is 1. The fourth-order valence-corrected chi connectivity index (χ4v) is 3.79. The quantitative estimate of drug-likeness (QED) is 0.539. The van der Waals surface area contributed by atoms with Crippen molar-refractivity contribution in [2.75, 3.05) is 45.9 Å². The van der Waals surface area contributed by atoms with Crippen molar-refractivity contribution in [1.82, 2.24) is 15.5 Å². The van der Waals surface area contributed by atoms with Crippen LogP contribution in [0.4, 0.5) is 0 Å². The summed E-state index contributed by atoms with van der Waals surface area (Å²) in [4.78, 5) is 7.52. The van der Waals surface area contributed by atoms with Crippen molar-refractivity contribution in [3.63, 3.8) is 0 Å². The van der Waals surface area contributed by atoms with Crippen LogP contribution in [0.2, 0.25) is 0 Å². The molecule has 3 heterocycles. The molecule has 1 aromatic heterocycles. The summed E-state index contributed by atoms with van der Waals surface area (Å²) in [6.07, 6.45) is 7.69. The van der Waals surface area contributed by atoms with Gasteiger partial charge in [0.25, 0.3) is 0 Å². The van der Waals surface area contributed by atoms with Crippen molar-refractivity contribution in [2.24, 2.45) is 10.9 Å². The lowest BCUT2D eigenvalue weighted by molar-refractivity contribution is 0.102. The van der Waals surface area contributed by atoms with Crippen molar-refractivity contribution >= 4 is 5.96 Å². The van der Waals surface area contributed by atoms with Crippen LogP contribution in [0.5, 0.6) is 0 Å². The van der Waals surface area contributed by atoms with Gasteiger partial charge in [-0.2, -0.15) is 0 Å². The highest BCUT2D eigenvalue weighted by Crippen LogP contribution is 2.20. The smallest absolute Gasteiger partial charge is 0.191 e. The molecule has 2 aliphatic heterocycles. The predicted octanol–water partition coefficient (Wildman–Crippen LogP) is 2.66. The average molecular weight is 377 g/mol. The van der Waals surface area contributed by atoms with Crippen LogP contribution in [0, 0.1) is 5.92 Å². The van der Waals surface area contributed by atoms with E-state index in [1.807, 2.05) is 12.1 Å². The molecule has 1 aromatic rings. The van der Waals surface area contributed by atoms with Crippen LogP contribution in [0.15, 0.2) is 27.8 Å². The Morgan fingerprint density at radius 3 is 2.81 bits per heavy atom. The Morgan fingerprint density at radius 2 is 2.11 bits per heavy atom. The summed E-state index contributed by atoms with van der Waals surface area (Å²) < 4.78 is 10.9. The van der Waals surface area contributed by atoms with Gasteiger partial charge < -0.3 is 19.8 Å². The van der Waals surface area contributed by atoms with Crippen molar-refractivity contribution in [3.8, 4) is 0 Å². The first-order chi connectivity index (χ1) is 13.1. The number of likely N-dealkylation sites (tertiary alicyclic amines) is 1. The number of furan rings is 1. The minimum absolute atomic E-state index is 0.0898. The Balaban J connectivity index is 1.53. The van der Waals surface area contributed by atoms with Gasteiger partial charge in [-0.15, -0.1) is 0 Å². The van der Waals surface area contributed by atoms with Gasteiger partial charge in [0, 0.05) is 37.6 Å². The molecule has 2 saturated heterocycles. The summed E-state index contributed by atoms with van der Waals surface area (Å²) in [6.45, 7) is 11.3. The van der Waals surface area contributed by atoms with Crippen LogP contribution in [-0.2, 0) is 11.2 Å². The van der Waals surface area contributed by atoms with Gasteiger partial charge >= 0.3 is 0 Å². The Hall–Kier alpha value is -1.53. The molecule has 2 aliphatic rings. The van der Waals surface area contributed by atoms with E-state index < -0.39 is 0 Å². The Morgan fingerprint density at radius 1 is 1.26 bits per heavy atom. The molecule has 6 heteroatoms. The average Bonchev–Trinajstić information content (AvgIpc) is 3.38. The third-order valence-corrected chi connectivity index (χ3v) is 5.66. The Labute approximate surface area is 163 Å². The molecule has 0 aliphatic carbocycles. The van der Waals surface area contributed by atoms with Crippen LogP contribution in [0.25, 0.3) is 0 Å². The molecule has 0 bridgehead atoms. The minimum Gasteiger partial charge on any atom is -0.469 e. The molecule has 6 nitrogen and oxygen atoms in total. The van der Waals surface area contributed by atoms with Gasteiger partial charge in [-0.1, -0.05) is 6.42 Å². The topological polar surface area (TPSA) is 62.0 Å². The van der Waals surface area contributed by atoms with Gasteiger partial charge in [-0.25, -0.2) is 0 Å². The van der Waals surface area contributed by atoms with Crippen molar-refractivity contribution in [3.05, 3.63) is 24.2 Å². The van der Waals surface area contributed by atoms with E-state index in [2.05, 4.69) is 29.4 Å². The highest BCUT2D eigenvalue weighted by atomic mass is 16.5. The normalized spacial score (nSPS) is 22.1. The molecule has 1 atom stereocenters. The number of hydrogen-bond acceptors (Lipinski definition) is 4. The Bertz CT molecular complexity index is 559. The number of aliphatic imine (C=N–C) groups is 1. The molecule has 2 fully saturated rings. The number of guanidine groups is 1. The zero-order valence-electron chi connectivity index (χ0n) is 17.0. The van der Waals surface area contributed by atoms with Gasteiger partial charge in [0.05, 0.1) is 19.4 Å². The summed E-state index contributed by atoms with van der Waals surface area (Å²) >= 11 is 0. The summed E-state index contributed by atoms with van der Waals surface area (Å²) in [5, 5.41) is 7.00. The van der Waals surface area contributed by atoms with E-state index in [-0.39, 0.29) is 5.54 Å². The zero-order valence-corrected chi connectivity index (χ0v) is 17.0. The van der Waals surface area contributed by atoms with Crippen molar-refractivity contribution in [1.29, 1.82) is 0 Å². The summed E-state index contributed by atoms with van der Waals surface area (Å²) in [7, 11) is 0. The van der Waals surface area contributed by atoms with Crippen molar-refractivity contribution in [2.45, 2.75) is 51.5 Å². The second kappa shape index (κ2) is 10.1. The largest absolute Gasteiger partial charge is 0.469 e. The van der Waals surface area contributed by atoms with E-state index >= 15 is 0 Å². The van der Waals surface area contributed by atoms with Gasteiger partial charge in [-0.05, 0) is 58.3 Å². The van der Waals surface area contributed by atoms with Gasteiger partial charge in [0.2, 0.25) is 0 Å². The molecule has 27 heavy (non-hydrogen) atoms. The number of ether oxygens (including phenoxy) is 1. The lowest BCUT2D eigenvalue weighted by atomic mass is 9.99. The Kier molecular flexibility index (Phi) is 7.59. The van der Waals surface area contributed by atoms with Crippen LogP contribution >= 0.6 is 0 Å². The van der Waals surface area contributed by atoms with Gasteiger partial charge in [0.15, 0.2) is 5.96 Å². The number of nitrogens with one attached hydrogen (secondary N) is 2. The maximum absolute atomic E-state index is 5.49. The molecule has 3 rings (SSSR count). The molecule has 0 radical (unpaired) electrons. The standard InChI is InChI=1S/C21H36N4O2/c1-21(2,25-11-4-3-5-12-25)17-24-20(23-15-18-9-14-26-16-18)22-10-8-19-7-6-13-27-19/h6-7,13,18H,3-5,8-12,14-17H2,1-2H3,(H2,22,23,24). The number of rotatable bonds is 8. The highest BCUT2D eigenvalue weighted by Gasteiger charge is 2.27. The maximum Gasteiger partial charge on any atom is 0.191 e. The second-order valence-electron chi connectivity index (χ2n) is 8.39. The monoisotopic (exact) mass is 376 g/mol. The lowest BCUT2D eigenvalue weighted by Gasteiger charge is -2.40. The predicted molar refractivity (Wildman–Crippen MR) is 109 cm³/mol. The van der Waals surface area contributed by atoms with E-state index in [9.17, 15) is 0 Å². The molecular formula is C21H36N4O2. The fourth-order valence-electron chi connectivity index (χ4n) is 3.79. The second-order valence-corrected chi connectivity index (χ2v) is 8.39. The van der Waals surface area contributed by atoms with E-state index in [4.69, 9.17) is 14.1 Å². The molecule has 152 valence electrons. The third-order valence-electron chi connectivity index (χ3n) is 5.66. The summed E-state index contributed by atoms with van der Waals surface area (Å²) in [5.41, 5.74) is 0.0898. The summed E-state index contributed by atoms with van der Waals surface area (Å²) in [6, 6.07) is 3.95. The minimum atomic E-state index is 0.0898.